The van der Waals surface area contributed by atoms with Gasteiger partial charge in [0, 0.05) is 5.39 Å². The highest BCUT2D eigenvalue weighted by atomic mass is 35.7. The van der Waals surface area contributed by atoms with Crippen LogP contribution in [0.1, 0.15) is 0 Å². The Morgan fingerprint density at radius 2 is 1.21 bits per heavy atom. The first-order valence-corrected chi connectivity index (χ1v) is 8.28. The summed E-state index contributed by atoms with van der Waals surface area (Å²) in [4.78, 5) is 0. The normalized spacial score (nSPS) is 12.6. The second-order valence-electron chi connectivity index (χ2n) is 5.17. The Bertz CT molecular complexity index is 1060. The van der Waals surface area contributed by atoms with Crippen molar-refractivity contribution in [3.8, 4) is 0 Å². The Kier molecular flexibility index (Phi) is 4.36. The Morgan fingerprint density at radius 1 is 0.667 bits per heavy atom. The van der Waals surface area contributed by atoms with Crippen molar-refractivity contribution in [2.24, 2.45) is 0 Å². The predicted octanol–water partition coefficient (Wildman–Crippen LogP) is -0.646. The van der Waals surface area contributed by atoms with Crippen LogP contribution in [-0.2, 0) is 0 Å². The molecule has 0 unspecified atom stereocenters. The van der Waals surface area contributed by atoms with Gasteiger partial charge in [0.05, 0.1) is 10.8 Å². The maximum atomic E-state index is 8.49. The number of rotatable bonds is 0. The van der Waals surface area contributed by atoms with E-state index >= 15 is 0 Å². The summed E-state index contributed by atoms with van der Waals surface area (Å²) in [6.45, 7) is 0. The molecule has 0 bridgehead atoms. The van der Waals surface area contributed by atoms with Crippen LogP contribution in [0.4, 0.5) is 0 Å². The van der Waals surface area contributed by atoms with Crippen LogP contribution in [0.15, 0.2) is 65.1 Å². The molecule has 6 heteroatoms. The van der Waals surface area contributed by atoms with Crippen LogP contribution in [0.5, 0.6) is 0 Å². The van der Waals surface area contributed by atoms with Gasteiger partial charge in [-0.2, -0.15) is 0 Å². The molecule has 4 aromatic carbocycles. The first kappa shape index (κ1) is 16.6. The Hall–Kier alpha value is -2.28. The van der Waals surface area contributed by atoms with E-state index in [9.17, 15) is 0 Å². The highest BCUT2D eigenvalue weighted by molar-refractivity contribution is 6.21. The summed E-state index contributed by atoms with van der Waals surface area (Å²) in [6, 6.07) is 21.3. The van der Waals surface area contributed by atoms with Gasteiger partial charge in [-0.15, -0.1) is 10.2 Å². The van der Waals surface area contributed by atoms with Gasteiger partial charge < -0.3 is 0 Å². The summed E-state index contributed by atoms with van der Waals surface area (Å²) in [7, 11) is -3.20. The molecule has 4 rings (SSSR count). The average molecular weight is 345 g/mol. The van der Waals surface area contributed by atoms with Crippen molar-refractivity contribution < 1.29 is 28.9 Å². The molecule has 0 aromatic heterocycles. The predicted molar refractivity (Wildman–Crippen MR) is 82.3 cm³/mol. The number of hydrogen-bond acceptors (Lipinski definition) is 4. The van der Waals surface area contributed by atoms with Gasteiger partial charge in [0.25, 0.3) is 7.11 Å². The zero-order chi connectivity index (χ0) is 17.3. The molecule has 5 nitrogen and oxygen atoms in total. The lowest BCUT2D eigenvalue weighted by Gasteiger charge is -2.17. The molecule has 0 amide bonds. The van der Waals surface area contributed by atoms with E-state index in [-0.39, 0.29) is 0 Å². The minimum absolute atomic E-state index is 0.976. The maximum Gasteiger partial charge on any atom is 0.358 e. The van der Waals surface area contributed by atoms with Gasteiger partial charge in [0.1, 0.15) is 0 Å². The van der Waals surface area contributed by atoms with E-state index in [1.807, 2.05) is 0 Å². The van der Waals surface area contributed by atoms with E-state index < -0.39 is 10.2 Å². The summed E-state index contributed by atoms with van der Waals surface area (Å²) in [5.74, 6) is 0. The minimum atomic E-state index is -4.94. The zero-order valence-corrected chi connectivity index (χ0v) is 13.4. The molecule has 0 spiro atoms. The fraction of sp³-hybridized carbons (Fsp3) is 0.0556. The second-order valence-corrected chi connectivity index (χ2v) is 5.92. The van der Waals surface area contributed by atoms with E-state index in [0.717, 1.165) is 5.43 Å². The first-order valence-electron chi connectivity index (χ1n) is 7.04. The molecule has 0 N–H and O–H groups in total. The van der Waals surface area contributed by atoms with Crippen molar-refractivity contribution >= 4 is 32.3 Å². The molecule has 0 fully saturated rings. The Labute approximate surface area is 139 Å². The summed E-state index contributed by atoms with van der Waals surface area (Å²) in [5.41, 5.74) is 0.976. The lowest BCUT2D eigenvalue weighted by Crippen LogP contribution is -2.68. The molecule has 0 saturated heterocycles. The van der Waals surface area contributed by atoms with Crippen molar-refractivity contribution in [3.63, 3.8) is 0 Å². The van der Waals surface area contributed by atoms with Gasteiger partial charge in [-0.05, 0) is 28.3 Å². The highest BCUT2D eigenvalue weighted by Crippen LogP contribution is 2.30. The molecule has 122 valence electrons. The molecule has 4 aromatic rings. The van der Waals surface area contributed by atoms with E-state index in [1.54, 1.807) is 7.11 Å². The van der Waals surface area contributed by atoms with E-state index in [2.05, 4.69) is 60.7 Å². The van der Waals surface area contributed by atoms with Crippen molar-refractivity contribution in [3.05, 3.63) is 70.5 Å². The maximum absolute atomic E-state index is 8.49. The van der Waals surface area contributed by atoms with Crippen molar-refractivity contribution in [1.82, 2.24) is 0 Å². The van der Waals surface area contributed by atoms with E-state index in [4.69, 9.17) is 23.1 Å². The van der Waals surface area contributed by atoms with E-state index in [1.165, 1.54) is 32.3 Å². The standard InChI is InChI=1S/C18H13O.ClHO4/c1-19-18-15-9-5-4-7-13(15)14-8-3-2-6-12-10-11-16(18)17(12)14;2-1(3,4)5/h2-11H,1H3;(H,2,3,4,5)/q+1;/p-1. The third-order valence-electron chi connectivity index (χ3n) is 3.82. The van der Waals surface area contributed by atoms with Crippen LogP contribution in [0, 0.1) is 10.2 Å². The SMILES string of the molecule is C[O+]=c1c2ccccc2c2ccccc3ccc1c32.[O-][Cl+3]([O-])([O-])[O-]. The zero-order valence-electron chi connectivity index (χ0n) is 12.7. The van der Waals surface area contributed by atoms with Gasteiger partial charge in [-0.1, -0.05) is 48.5 Å². The molecule has 0 aliphatic heterocycles. The third-order valence-corrected chi connectivity index (χ3v) is 3.82. The smallest absolute Gasteiger partial charge is 0.257 e. The fourth-order valence-electron chi connectivity index (χ4n) is 3.02. The second kappa shape index (κ2) is 6.32. The highest BCUT2D eigenvalue weighted by Gasteiger charge is 2.15. The largest absolute Gasteiger partial charge is 0.358 e. The quantitative estimate of drug-likeness (QED) is 0.395. The molecule has 24 heavy (non-hydrogen) atoms. The van der Waals surface area contributed by atoms with Crippen LogP contribution in [-0.4, -0.2) is 7.11 Å². The Morgan fingerprint density at radius 3 is 1.83 bits per heavy atom. The summed E-state index contributed by atoms with van der Waals surface area (Å²) in [6.07, 6.45) is 0. The van der Waals surface area contributed by atoms with Crippen LogP contribution in [0.2, 0.25) is 0 Å². The van der Waals surface area contributed by atoms with Gasteiger partial charge in [-0.25, -0.2) is 18.6 Å². The van der Waals surface area contributed by atoms with Gasteiger partial charge in [0.2, 0.25) is 0 Å². The number of benzene rings is 2. The fourth-order valence-corrected chi connectivity index (χ4v) is 3.02. The van der Waals surface area contributed by atoms with Gasteiger partial charge in [-0.3, -0.25) is 4.42 Å². The third kappa shape index (κ3) is 3.17. The first-order chi connectivity index (χ1) is 11.4. The molecule has 0 heterocycles. The van der Waals surface area contributed by atoms with Crippen LogP contribution in [0.25, 0.3) is 32.3 Å². The summed E-state index contributed by atoms with van der Waals surface area (Å²) in [5, 5.41) is 7.47. The van der Waals surface area contributed by atoms with Crippen LogP contribution in [0.3, 0.4) is 0 Å². The van der Waals surface area contributed by atoms with Gasteiger partial charge in [0.15, 0.2) is 0 Å². The van der Waals surface area contributed by atoms with Crippen LogP contribution >= 0.6 is 0 Å². The van der Waals surface area contributed by atoms with Crippen molar-refractivity contribution in [1.29, 1.82) is 0 Å². The minimum Gasteiger partial charge on any atom is -0.257 e. The monoisotopic (exact) mass is 344 g/mol. The average Bonchev–Trinajstić information content (AvgIpc) is 2.81. The number of halogens is 1. The molecule has 0 aliphatic carbocycles. The molecular weight excluding hydrogens is 332 g/mol. The molecule has 0 atom stereocenters. The lowest BCUT2D eigenvalue weighted by atomic mass is 10.0. The molecule has 0 saturated carbocycles. The van der Waals surface area contributed by atoms with Crippen molar-refractivity contribution in [2.75, 3.05) is 7.11 Å². The van der Waals surface area contributed by atoms with Crippen LogP contribution < -0.4 is 24.1 Å². The molecule has 0 aliphatic rings. The van der Waals surface area contributed by atoms with E-state index in [0.29, 0.717) is 0 Å². The number of fused-ring (bicyclic) bond motifs is 2. The summed E-state index contributed by atoms with van der Waals surface area (Å²) >= 11 is 0. The van der Waals surface area contributed by atoms with Crippen molar-refractivity contribution in [2.45, 2.75) is 0 Å². The summed E-state index contributed by atoms with van der Waals surface area (Å²) < 4.78 is 39.6. The molecular formula is C18H13ClO5. The molecule has 0 radical (unpaired) electrons. The van der Waals surface area contributed by atoms with Gasteiger partial charge >= 0.3 is 5.43 Å². The number of hydrogen-bond donors (Lipinski definition) is 0. The topological polar surface area (TPSA) is 104 Å². The Balaban J connectivity index is 0.000000300. The lowest BCUT2D eigenvalue weighted by molar-refractivity contribution is -2.00.